The van der Waals surface area contributed by atoms with Crippen LogP contribution in [0.1, 0.15) is 99.8 Å². The lowest BCUT2D eigenvalue weighted by Gasteiger charge is -2.69. The highest BCUT2D eigenvalue weighted by atomic mass is 35.5. The van der Waals surface area contributed by atoms with Gasteiger partial charge in [0.2, 0.25) is 0 Å². The number of benzene rings is 1. The molecule has 0 bridgehead atoms. The van der Waals surface area contributed by atoms with E-state index in [1.807, 2.05) is 13.8 Å². The van der Waals surface area contributed by atoms with Gasteiger partial charge in [0.15, 0.2) is 0 Å². The van der Waals surface area contributed by atoms with Crippen LogP contribution >= 0.6 is 23.2 Å². The number of carbonyl (C=O) groups excluding carboxylic acids is 2. The summed E-state index contributed by atoms with van der Waals surface area (Å²) in [7, 11) is 0. The fourth-order valence-electron chi connectivity index (χ4n) is 10.5. The monoisotopic (exact) mass is 660 g/mol. The second-order valence-corrected chi connectivity index (χ2v) is 16.1. The molecule has 0 spiro atoms. The summed E-state index contributed by atoms with van der Waals surface area (Å²) in [5, 5.41) is 23.6. The van der Waals surface area contributed by atoms with Gasteiger partial charge in [-0.05, 0) is 123 Å². The van der Waals surface area contributed by atoms with E-state index in [4.69, 9.17) is 32.7 Å². The minimum absolute atomic E-state index is 0.0227. The third-order valence-corrected chi connectivity index (χ3v) is 13.4. The van der Waals surface area contributed by atoms with E-state index in [0.717, 1.165) is 36.8 Å². The molecule has 45 heavy (non-hydrogen) atoms. The molecule has 5 rings (SSSR count). The first-order valence-corrected chi connectivity index (χ1v) is 17.4. The van der Waals surface area contributed by atoms with Gasteiger partial charge in [-0.1, -0.05) is 62.5 Å². The fraction of sp³-hybridized carbons (Fsp3) is 0.676. The van der Waals surface area contributed by atoms with Crippen LogP contribution < -0.4 is 4.74 Å². The van der Waals surface area contributed by atoms with E-state index in [2.05, 4.69) is 33.8 Å². The maximum Gasteiger partial charge on any atom is 0.339 e. The van der Waals surface area contributed by atoms with Gasteiger partial charge in [0.1, 0.15) is 11.9 Å². The second kappa shape index (κ2) is 12.6. The van der Waals surface area contributed by atoms with Crippen LogP contribution in [-0.2, 0) is 14.3 Å². The number of rotatable bonds is 6. The largest absolute Gasteiger partial charge is 0.458 e. The van der Waals surface area contributed by atoms with Gasteiger partial charge < -0.3 is 19.7 Å². The number of hydrogen-bond donors (Lipinski definition) is 2. The smallest absolute Gasteiger partial charge is 0.339 e. The van der Waals surface area contributed by atoms with E-state index in [-0.39, 0.29) is 50.9 Å². The summed E-state index contributed by atoms with van der Waals surface area (Å²) in [4.78, 5) is 26.7. The van der Waals surface area contributed by atoms with Crippen LogP contribution in [0, 0.1) is 39.9 Å². The van der Waals surface area contributed by atoms with Crippen LogP contribution in [0.25, 0.3) is 0 Å². The molecule has 1 aromatic rings. The summed E-state index contributed by atoms with van der Waals surface area (Å²) < 4.78 is 12.0. The normalized spacial score (nSPS) is 40.0. The Hall–Kier alpha value is -1.86. The molecule has 0 amide bonds. The quantitative estimate of drug-likeness (QED) is 0.138. The van der Waals surface area contributed by atoms with E-state index in [0.29, 0.717) is 42.2 Å². The Kier molecular flexibility index (Phi) is 9.68. The lowest BCUT2D eigenvalue weighted by molar-refractivity contribution is -0.234. The SMILES string of the molecule is CC(=O)O[C@H]1C[C@@]2(C)[C@@H](C[C@@H](O)[C@H]3[C@@]4(C)CC[C@@H](O)[C@@H](C)[C@@H]4CC[C@@]32C)/C1=C(\CCC=C(C)C)C(=O)Oc1ccc(Cl)c(Cl)c1. The minimum atomic E-state index is -0.598. The van der Waals surface area contributed by atoms with Crippen molar-refractivity contribution in [2.75, 3.05) is 0 Å². The van der Waals surface area contributed by atoms with Crippen LogP contribution in [0.15, 0.2) is 41.0 Å². The topological polar surface area (TPSA) is 93.1 Å². The number of fused-ring (bicyclic) bond motifs is 5. The van der Waals surface area contributed by atoms with Crippen LogP contribution in [-0.4, -0.2) is 40.5 Å². The Morgan fingerprint density at radius 2 is 1.71 bits per heavy atom. The molecule has 1 aromatic carbocycles. The number of hydrogen-bond acceptors (Lipinski definition) is 6. The minimum Gasteiger partial charge on any atom is -0.458 e. The Labute approximate surface area is 278 Å². The predicted molar refractivity (Wildman–Crippen MR) is 177 cm³/mol. The average Bonchev–Trinajstić information content (AvgIpc) is 3.22. The summed E-state index contributed by atoms with van der Waals surface area (Å²) in [5.41, 5.74) is 1.69. The van der Waals surface area contributed by atoms with Crippen LogP contribution in [0.3, 0.4) is 0 Å². The average molecular weight is 662 g/mol. The number of aliphatic hydroxyl groups is 2. The van der Waals surface area contributed by atoms with Gasteiger partial charge in [-0.25, -0.2) is 4.79 Å². The van der Waals surface area contributed by atoms with Crippen molar-refractivity contribution in [1.82, 2.24) is 0 Å². The standard InChI is InChI=1S/C37H50Cl2O6/c1-20(2)9-8-10-24(34(43)45-23-11-12-27(38)28(39)17-23)32-26-18-30(42)33-35(5)15-14-29(41)21(3)25(35)13-16-36(33,6)37(26,7)19-31(32)44-22(4)40/h9,11-12,17,21,25-26,29-31,33,41-42H,8,10,13-16,18-19H2,1-7H3/b32-24-/t21-,25-,26-,29+,30+,31-,33-,35-,36-,37-/m0/s1. The number of allylic oxidation sites excluding steroid dienone is 2. The number of aliphatic hydroxyl groups excluding tert-OH is 2. The van der Waals surface area contributed by atoms with Crippen molar-refractivity contribution in [2.45, 2.75) is 118 Å². The molecule has 10 atom stereocenters. The van der Waals surface area contributed by atoms with Gasteiger partial charge >= 0.3 is 11.9 Å². The van der Waals surface area contributed by atoms with Crippen molar-refractivity contribution < 1.29 is 29.3 Å². The third kappa shape index (κ3) is 5.91. The summed E-state index contributed by atoms with van der Waals surface area (Å²) in [6, 6.07) is 4.74. The zero-order valence-electron chi connectivity index (χ0n) is 27.8. The third-order valence-electron chi connectivity index (χ3n) is 12.7. The van der Waals surface area contributed by atoms with Crippen molar-refractivity contribution in [3.05, 3.63) is 51.0 Å². The number of halogens is 2. The van der Waals surface area contributed by atoms with E-state index < -0.39 is 24.1 Å². The van der Waals surface area contributed by atoms with Crippen molar-refractivity contribution in [1.29, 1.82) is 0 Å². The van der Waals surface area contributed by atoms with Gasteiger partial charge in [0.05, 0.1) is 22.3 Å². The Balaban J connectivity index is 1.62. The predicted octanol–water partition coefficient (Wildman–Crippen LogP) is 8.49. The Morgan fingerprint density at radius 1 is 1.00 bits per heavy atom. The molecule has 0 aliphatic heterocycles. The highest BCUT2D eigenvalue weighted by molar-refractivity contribution is 6.42. The maximum absolute atomic E-state index is 14.1. The van der Waals surface area contributed by atoms with E-state index in [1.54, 1.807) is 12.1 Å². The van der Waals surface area contributed by atoms with Crippen molar-refractivity contribution in [2.24, 2.45) is 39.9 Å². The summed E-state index contributed by atoms with van der Waals surface area (Å²) in [6.45, 7) is 14.6. The zero-order valence-corrected chi connectivity index (χ0v) is 29.3. The number of ether oxygens (including phenoxy) is 2. The molecular weight excluding hydrogens is 611 g/mol. The molecule has 8 heteroatoms. The Morgan fingerprint density at radius 3 is 2.36 bits per heavy atom. The molecule has 4 saturated carbocycles. The van der Waals surface area contributed by atoms with Crippen LogP contribution in [0.4, 0.5) is 0 Å². The lowest BCUT2D eigenvalue weighted by atomic mass is 9.36. The molecule has 6 nitrogen and oxygen atoms in total. The van der Waals surface area contributed by atoms with Gasteiger partial charge in [0.25, 0.3) is 0 Å². The van der Waals surface area contributed by atoms with Gasteiger partial charge in [0, 0.05) is 18.6 Å². The summed E-state index contributed by atoms with van der Waals surface area (Å²) in [6.07, 6.45) is 6.18. The van der Waals surface area contributed by atoms with Gasteiger partial charge in [-0.2, -0.15) is 0 Å². The summed E-state index contributed by atoms with van der Waals surface area (Å²) in [5.74, 6) is -0.251. The van der Waals surface area contributed by atoms with E-state index in [9.17, 15) is 19.8 Å². The molecule has 0 heterocycles. The molecule has 4 aliphatic carbocycles. The van der Waals surface area contributed by atoms with Gasteiger partial charge in [-0.15, -0.1) is 0 Å². The molecule has 0 saturated heterocycles. The molecule has 4 aliphatic rings. The van der Waals surface area contributed by atoms with Gasteiger partial charge in [-0.3, -0.25) is 4.79 Å². The number of carbonyl (C=O) groups is 2. The lowest BCUT2D eigenvalue weighted by Crippen LogP contribution is -2.65. The molecule has 0 radical (unpaired) electrons. The Bertz CT molecular complexity index is 1400. The zero-order chi connectivity index (χ0) is 33.1. The van der Waals surface area contributed by atoms with Crippen LogP contribution in [0.5, 0.6) is 5.75 Å². The first kappa shape index (κ1) is 34.5. The molecule has 4 fully saturated rings. The molecule has 0 aromatic heterocycles. The first-order chi connectivity index (χ1) is 21.0. The highest BCUT2D eigenvalue weighted by Gasteiger charge is 2.70. The highest BCUT2D eigenvalue weighted by Crippen LogP contribution is 2.74. The van der Waals surface area contributed by atoms with E-state index >= 15 is 0 Å². The second-order valence-electron chi connectivity index (χ2n) is 15.3. The van der Waals surface area contributed by atoms with Crippen molar-refractivity contribution in [3.63, 3.8) is 0 Å². The van der Waals surface area contributed by atoms with E-state index in [1.165, 1.54) is 13.0 Å². The molecule has 0 unspecified atom stereocenters. The maximum atomic E-state index is 14.1. The van der Waals surface area contributed by atoms with Crippen molar-refractivity contribution >= 4 is 35.1 Å². The van der Waals surface area contributed by atoms with Crippen LogP contribution in [0.2, 0.25) is 10.0 Å². The fourth-order valence-corrected chi connectivity index (χ4v) is 10.8. The van der Waals surface area contributed by atoms with Crippen molar-refractivity contribution in [3.8, 4) is 5.75 Å². The number of esters is 2. The summed E-state index contributed by atoms with van der Waals surface area (Å²) >= 11 is 12.4. The molecule has 248 valence electrons. The molecule has 2 N–H and O–H groups in total. The first-order valence-electron chi connectivity index (χ1n) is 16.6. The molecular formula is C37H50Cl2O6.